The second kappa shape index (κ2) is 7.23. The van der Waals surface area contributed by atoms with E-state index in [1.165, 1.54) is 12.1 Å². The molecule has 1 aromatic carbocycles. The Morgan fingerprint density at radius 3 is 2.57 bits per heavy atom. The second-order valence-corrected chi connectivity index (χ2v) is 7.42. The molecule has 0 radical (unpaired) electrons. The third-order valence-corrected chi connectivity index (χ3v) is 5.10. The highest BCUT2D eigenvalue weighted by Crippen LogP contribution is 2.37. The first-order chi connectivity index (χ1) is 13.4. The van der Waals surface area contributed by atoms with E-state index in [4.69, 9.17) is 0 Å². The number of imidazole rings is 1. The second-order valence-electron chi connectivity index (χ2n) is 6.67. The fourth-order valence-corrected chi connectivity index (χ4v) is 3.75. The van der Waals surface area contributed by atoms with Gasteiger partial charge in [-0.3, -0.25) is 9.47 Å². The van der Waals surface area contributed by atoms with Gasteiger partial charge in [0.1, 0.15) is 0 Å². The SMILES string of the molecule is CCCCCN1c2nc(Br)[nH]c2Cn2c(-c3ccc(C(F)(F)F)cc3)nnc21. The summed E-state index contributed by atoms with van der Waals surface area (Å²) in [6.07, 6.45) is -1.22. The summed E-state index contributed by atoms with van der Waals surface area (Å²) < 4.78 is 41.1. The number of rotatable bonds is 5. The van der Waals surface area contributed by atoms with Crippen LogP contribution in [0.3, 0.4) is 0 Å². The molecule has 10 heteroatoms. The van der Waals surface area contributed by atoms with E-state index in [1.807, 2.05) is 9.47 Å². The molecule has 0 saturated carbocycles. The molecule has 6 nitrogen and oxygen atoms in total. The van der Waals surface area contributed by atoms with Crippen LogP contribution < -0.4 is 4.90 Å². The van der Waals surface area contributed by atoms with Crippen molar-refractivity contribution in [2.24, 2.45) is 0 Å². The molecule has 0 spiro atoms. The van der Waals surface area contributed by atoms with E-state index in [9.17, 15) is 13.2 Å². The molecule has 2 aromatic heterocycles. The molecule has 1 aliphatic rings. The number of aromatic nitrogens is 5. The van der Waals surface area contributed by atoms with Crippen molar-refractivity contribution in [2.75, 3.05) is 11.4 Å². The van der Waals surface area contributed by atoms with Gasteiger partial charge in [0.05, 0.1) is 17.8 Å². The topological polar surface area (TPSA) is 62.6 Å². The lowest BCUT2D eigenvalue weighted by Crippen LogP contribution is -2.28. The van der Waals surface area contributed by atoms with Crippen molar-refractivity contribution in [1.29, 1.82) is 0 Å². The van der Waals surface area contributed by atoms with Gasteiger partial charge in [0, 0.05) is 12.1 Å². The summed E-state index contributed by atoms with van der Waals surface area (Å²) in [5.74, 6) is 1.99. The smallest absolute Gasteiger partial charge is 0.333 e. The highest BCUT2D eigenvalue weighted by atomic mass is 79.9. The molecular formula is C18H18BrF3N6. The van der Waals surface area contributed by atoms with Crippen LogP contribution in [0.2, 0.25) is 0 Å². The molecule has 0 saturated heterocycles. The molecule has 1 N–H and O–H groups in total. The minimum atomic E-state index is -4.37. The van der Waals surface area contributed by atoms with Gasteiger partial charge >= 0.3 is 6.18 Å². The Hall–Kier alpha value is -2.36. The maximum atomic E-state index is 12.8. The van der Waals surface area contributed by atoms with Crippen LogP contribution in [0.15, 0.2) is 29.0 Å². The molecule has 4 rings (SSSR count). The monoisotopic (exact) mass is 454 g/mol. The zero-order chi connectivity index (χ0) is 19.9. The third-order valence-electron chi connectivity index (χ3n) is 4.73. The average Bonchev–Trinajstić information content (AvgIpc) is 3.23. The molecule has 0 aliphatic carbocycles. The van der Waals surface area contributed by atoms with E-state index >= 15 is 0 Å². The van der Waals surface area contributed by atoms with E-state index in [2.05, 4.69) is 43.0 Å². The number of hydrogen-bond acceptors (Lipinski definition) is 4. The van der Waals surface area contributed by atoms with Crippen LogP contribution in [0.1, 0.15) is 37.4 Å². The van der Waals surface area contributed by atoms with Crippen molar-refractivity contribution in [2.45, 2.75) is 38.9 Å². The lowest BCUT2D eigenvalue weighted by Gasteiger charge is -2.27. The number of benzene rings is 1. The van der Waals surface area contributed by atoms with Gasteiger partial charge in [0.15, 0.2) is 16.4 Å². The normalized spacial score (nSPS) is 13.5. The summed E-state index contributed by atoms with van der Waals surface area (Å²) >= 11 is 3.38. The first-order valence-electron chi connectivity index (χ1n) is 9.01. The first-order valence-corrected chi connectivity index (χ1v) is 9.80. The Bertz CT molecular complexity index is 976. The first kappa shape index (κ1) is 19.0. The lowest BCUT2D eigenvalue weighted by atomic mass is 10.1. The number of unbranched alkanes of at least 4 members (excludes halogenated alkanes) is 2. The molecule has 0 bridgehead atoms. The van der Waals surface area contributed by atoms with Crippen molar-refractivity contribution in [3.8, 4) is 11.4 Å². The number of anilines is 2. The Morgan fingerprint density at radius 1 is 1.14 bits per heavy atom. The molecule has 148 valence electrons. The Labute approximate surface area is 167 Å². The third kappa shape index (κ3) is 3.41. The quantitative estimate of drug-likeness (QED) is 0.542. The summed E-state index contributed by atoms with van der Waals surface area (Å²) in [5.41, 5.74) is 0.807. The molecule has 28 heavy (non-hydrogen) atoms. The van der Waals surface area contributed by atoms with Crippen LogP contribution in [0.4, 0.5) is 24.9 Å². The molecule has 0 fully saturated rings. The predicted octanol–water partition coefficient (Wildman–Crippen LogP) is 5.14. The fraction of sp³-hybridized carbons (Fsp3) is 0.389. The number of aromatic amines is 1. The maximum Gasteiger partial charge on any atom is 0.416 e. The van der Waals surface area contributed by atoms with Gasteiger partial charge in [0.25, 0.3) is 0 Å². The van der Waals surface area contributed by atoms with Crippen LogP contribution in [-0.2, 0) is 12.7 Å². The molecular weight excluding hydrogens is 437 g/mol. The number of fused-ring (bicyclic) bond motifs is 2. The van der Waals surface area contributed by atoms with Gasteiger partial charge in [-0.25, -0.2) is 4.98 Å². The van der Waals surface area contributed by atoms with E-state index in [1.54, 1.807) is 0 Å². The van der Waals surface area contributed by atoms with Crippen LogP contribution in [0.5, 0.6) is 0 Å². The highest BCUT2D eigenvalue weighted by Gasteiger charge is 2.32. The van der Waals surface area contributed by atoms with Crippen LogP contribution in [0.25, 0.3) is 11.4 Å². The number of halogens is 4. The Balaban J connectivity index is 1.71. The van der Waals surface area contributed by atoms with Crippen LogP contribution >= 0.6 is 15.9 Å². The molecule has 3 heterocycles. The maximum absolute atomic E-state index is 12.8. The Morgan fingerprint density at radius 2 is 1.89 bits per heavy atom. The number of nitrogens with zero attached hydrogens (tertiary/aromatic N) is 5. The number of H-pyrrole nitrogens is 1. The van der Waals surface area contributed by atoms with E-state index < -0.39 is 11.7 Å². The van der Waals surface area contributed by atoms with Gasteiger partial charge in [-0.05, 0) is 34.5 Å². The van der Waals surface area contributed by atoms with Crippen molar-refractivity contribution >= 4 is 27.7 Å². The van der Waals surface area contributed by atoms with Crippen molar-refractivity contribution in [3.63, 3.8) is 0 Å². The van der Waals surface area contributed by atoms with E-state index in [0.29, 0.717) is 28.6 Å². The summed E-state index contributed by atoms with van der Waals surface area (Å²) in [4.78, 5) is 9.72. The van der Waals surface area contributed by atoms with Crippen molar-refractivity contribution in [3.05, 3.63) is 40.3 Å². The van der Waals surface area contributed by atoms with Gasteiger partial charge in [-0.1, -0.05) is 31.9 Å². The van der Waals surface area contributed by atoms with Gasteiger partial charge < -0.3 is 4.98 Å². The van der Waals surface area contributed by atoms with Crippen LogP contribution in [0, 0.1) is 0 Å². The standard InChI is InChI=1S/C18H18BrF3N6/c1-2-3-4-9-27-15-13(23-16(19)24-15)10-28-14(25-26-17(27)28)11-5-7-12(8-6-11)18(20,21)22/h5-8H,2-4,9-10H2,1H3,(H,23,24). The van der Waals surface area contributed by atoms with Gasteiger partial charge in [0.2, 0.25) is 5.95 Å². The number of hydrogen-bond donors (Lipinski definition) is 1. The zero-order valence-corrected chi connectivity index (χ0v) is 16.7. The van der Waals surface area contributed by atoms with E-state index in [-0.39, 0.29) is 0 Å². The summed E-state index contributed by atoms with van der Waals surface area (Å²) in [6.45, 7) is 3.35. The highest BCUT2D eigenvalue weighted by molar-refractivity contribution is 9.10. The largest absolute Gasteiger partial charge is 0.416 e. The Kier molecular flexibility index (Phi) is 4.90. The van der Waals surface area contributed by atoms with Crippen molar-refractivity contribution < 1.29 is 13.2 Å². The minimum Gasteiger partial charge on any atom is -0.333 e. The van der Waals surface area contributed by atoms with E-state index in [0.717, 1.165) is 49.5 Å². The minimum absolute atomic E-state index is 0.469. The van der Waals surface area contributed by atoms with Gasteiger partial charge in [-0.15, -0.1) is 10.2 Å². The lowest BCUT2D eigenvalue weighted by molar-refractivity contribution is -0.137. The number of alkyl halides is 3. The predicted molar refractivity (Wildman–Crippen MR) is 102 cm³/mol. The summed E-state index contributed by atoms with van der Waals surface area (Å²) in [7, 11) is 0. The summed E-state index contributed by atoms with van der Waals surface area (Å²) in [6, 6.07) is 4.99. The van der Waals surface area contributed by atoms with Crippen LogP contribution in [-0.4, -0.2) is 31.3 Å². The fourth-order valence-electron chi connectivity index (χ4n) is 3.34. The zero-order valence-electron chi connectivity index (χ0n) is 15.1. The molecule has 0 amide bonds. The number of nitrogens with one attached hydrogen (secondary N) is 1. The summed E-state index contributed by atoms with van der Waals surface area (Å²) in [5, 5.41) is 8.58. The average molecular weight is 455 g/mol. The molecule has 3 aromatic rings. The molecule has 0 unspecified atom stereocenters. The van der Waals surface area contributed by atoms with Crippen molar-refractivity contribution in [1.82, 2.24) is 24.7 Å². The molecule has 0 atom stereocenters. The van der Waals surface area contributed by atoms with Gasteiger partial charge in [-0.2, -0.15) is 13.2 Å². The molecule has 1 aliphatic heterocycles.